The molecule has 168 valence electrons. The molecule has 0 aromatic heterocycles. The van der Waals surface area contributed by atoms with E-state index in [-0.39, 0.29) is 0 Å². The summed E-state index contributed by atoms with van der Waals surface area (Å²) in [6, 6.07) is 14.4. The fourth-order valence-corrected chi connectivity index (χ4v) is 2.69. The van der Waals surface area contributed by atoms with Gasteiger partial charge in [-0.1, -0.05) is 31.5 Å². The number of nitriles is 1. The molecule has 0 spiro atoms. The third-order valence-corrected chi connectivity index (χ3v) is 4.30. The van der Waals surface area contributed by atoms with Crippen molar-refractivity contribution in [3.63, 3.8) is 0 Å². The number of hydrogen-bond donors (Lipinski definition) is 1. The van der Waals surface area contributed by atoms with Gasteiger partial charge < -0.3 is 19.5 Å². The number of ether oxygens (including phenoxy) is 3. The highest BCUT2D eigenvalue weighted by molar-refractivity contribution is 5.94. The first-order chi connectivity index (χ1) is 15.5. The van der Waals surface area contributed by atoms with Crippen LogP contribution in [-0.2, 0) is 20.7 Å². The lowest BCUT2D eigenvalue weighted by Crippen LogP contribution is -2.20. The van der Waals surface area contributed by atoms with Gasteiger partial charge >= 0.3 is 5.97 Å². The van der Waals surface area contributed by atoms with Gasteiger partial charge in [-0.15, -0.1) is 0 Å². The third kappa shape index (κ3) is 8.52. The van der Waals surface area contributed by atoms with E-state index in [1.165, 1.54) is 6.08 Å². The summed E-state index contributed by atoms with van der Waals surface area (Å²) in [4.78, 5) is 23.9. The van der Waals surface area contributed by atoms with E-state index in [2.05, 4.69) is 18.3 Å². The maximum atomic E-state index is 12.0. The van der Waals surface area contributed by atoms with Crippen LogP contribution in [-0.4, -0.2) is 31.7 Å². The molecule has 1 amide bonds. The van der Waals surface area contributed by atoms with Crippen LogP contribution in [0.5, 0.6) is 11.5 Å². The fraction of sp³-hybridized carbons (Fsp3) is 0.320. The molecule has 0 bridgehead atoms. The van der Waals surface area contributed by atoms with E-state index in [4.69, 9.17) is 19.5 Å². The number of hydrogen-bond acceptors (Lipinski definition) is 6. The van der Waals surface area contributed by atoms with E-state index < -0.39 is 18.5 Å². The normalized spacial score (nSPS) is 10.4. The summed E-state index contributed by atoms with van der Waals surface area (Å²) >= 11 is 0. The number of benzene rings is 2. The van der Waals surface area contributed by atoms with E-state index in [1.54, 1.807) is 42.5 Å². The first-order valence-electron chi connectivity index (χ1n) is 10.6. The molecule has 2 rings (SSSR count). The zero-order valence-corrected chi connectivity index (χ0v) is 18.4. The van der Waals surface area contributed by atoms with Gasteiger partial charge in [0, 0.05) is 11.8 Å². The van der Waals surface area contributed by atoms with E-state index >= 15 is 0 Å². The number of esters is 1. The predicted molar refractivity (Wildman–Crippen MR) is 122 cm³/mol. The maximum absolute atomic E-state index is 12.0. The molecular formula is C25H28N2O5. The van der Waals surface area contributed by atoms with Gasteiger partial charge in [0.05, 0.1) is 25.7 Å². The van der Waals surface area contributed by atoms with Crippen molar-refractivity contribution in [1.29, 1.82) is 5.26 Å². The highest BCUT2D eigenvalue weighted by Gasteiger charge is 2.08. The third-order valence-electron chi connectivity index (χ3n) is 4.30. The second-order valence-electron chi connectivity index (χ2n) is 6.86. The van der Waals surface area contributed by atoms with Gasteiger partial charge in [-0.2, -0.15) is 5.26 Å². The average Bonchev–Trinajstić information content (AvgIpc) is 2.79. The largest absolute Gasteiger partial charge is 0.490 e. The lowest BCUT2D eigenvalue weighted by molar-refractivity contribution is -0.142. The van der Waals surface area contributed by atoms with Crippen molar-refractivity contribution in [3.8, 4) is 17.6 Å². The molecule has 0 aliphatic rings. The maximum Gasteiger partial charge on any atom is 0.331 e. The molecule has 2 aromatic carbocycles. The molecule has 0 fully saturated rings. The average molecular weight is 437 g/mol. The van der Waals surface area contributed by atoms with Crippen molar-refractivity contribution in [2.24, 2.45) is 0 Å². The Bertz CT molecular complexity index is 961. The number of carbonyl (C=O) groups excluding carboxylic acids is 2. The molecule has 1 N–H and O–H groups in total. The Morgan fingerprint density at radius 3 is 2.53 bits per heavy atom. The van der Waals surface area contributed by atoms with Gasteiger partial charge in [0.25, 0.3) is 5.91 Å². The van der Waals surface area contributed by atoms with Crippen LogP contribution in [0.4, 0.5) is 5.69 Å². The lowest BCUT2D eigenvalue weighted by atomic mass is 10.1. The molecule has 0 saturated carbocycles. The first kappa shape index (κ1) is 24.5. The van der Waals surface area contributed by atoms with Crippen LogP contribution >= 0.6 is 0 Å². The van der Waals surface area contributed by atoms with Gasteiger partial charge in [0.2, 0.25) is 0 Å². The van der Waals surface area contributed by atoms with Crippen LogP contribution in [0.15, 0.2) is 48.5 Å². The van der Waals surface area contributed by atoms with Gasteiger partial charge in [-0.3, -0.25) is 4.79 Å². The van der Waals surface area contributed by atoms with Crippen molar-refractivity contribution < 1.29 is 23.8 Å². The summed E-state index contributed by atoms with van der Waals surface area (Å²) in [7, 11) is 0. The Morgan fingerprint density at radius 1 is 1.06 bits per heavy atom. The summed E-state index contributed by atoms with van der Waals surface area (Å²) in [6.07, 6.45) is 5.15. The highest BCUT2D eigenvalue weighted by atomic mass is 16.5. The van der Waals surface area contributed by atoms with E-state index in [1.807, 2.05) is 13.0 Å². The van der Waals surface area contributed by atoms with Crippen LogP contribution in [0.25, 0.3) is 6.08 Å². The van der Waals surface area contributed by atoms with Gasteiger partial charge in [-0.05, 0) is 54.8 Å². The monoisotopic (exact) mass is 436 g/mol. The molecule has 0 unspecified atom stereocenters. The van der Waals surface area contributed by atoms with Crippen molar-refractivity contribution in [2.75, 3.05) is 25.1 Å². The fourth-order valence-electron chi connectivity index (χ4n) is 2.69. The molecule has 0 aliphatic carbocycles. The molecule has 2 aromatic rings. The number of nitrogens with zero attached hydrogens (tertiary/aromatic N) is 1. The van der Waals surface area contributed by atoms with Crippen molar-refractivity contribution in [1.82, 2.24) is 0 Å². The molecule has 7 nitrogen and oxygen atoms in total. The molecule has 0 aliphatic heterocycles. The number of amides is 1. The van der Waals surface area contributed by atoms with Crippen molar-refractivity contribution in [3.05, 3.63) is 59.7 Å². The quantitative estimate of drug-likeness (QED) is 0.298. The number of nitrogens with one attached hydrogen (secondary N) is 1. The minimum absolute atomic E-state index is 0.304. The molecule has 0 radical (unpaired) electrons. The summed E-state index contributed by atoms with van der Waals surface area (Å²) in [5.74, 6) is 0.189. The minimum Gasteiger partial charge on any atom is -0.490 e. The number of unbranched alkanes of at least 4 members (excludes halogenated alkanes) is 1. The standard InChI is InChI=1S/C25H28N2O5/c1-3-5-16-31-22-12-8-20(17-23(22)30-4-2)9-13-25(29)32-18-24(28)27-21-10-6-19(7-11-21)14-15-26/h6-13,17H,3-5,14,16,18H2,1-2H3,(H,27,28)/b13-9+. The molecule has 0 atom stereocenters. The Labute approximate surface area is 188 Å². The lowest BCUT2D eigenvalue weighted by Gasteiger charge is -2.12. The number of carbonyl (C=O) groups is 2. The Morgan fingerprint density at radius 2 is 1.84 bits per heavy atom. The molecule has 0 heterocycles. The smallest absolute Gasteiger partial charge is 0.331 e. The topological polar surface area (TPSA) is 97.6 Å². The van der Waals surface area contributed by atoms with Gasteiger partial charge in [0.1, 0.15) is 0 Å². The van der Waals surface area contributed by atoms with Crippen LogP contribution < -0.4 is 14.8 Å². The van der Waals surface area contributed by atoms with Crippen LogP contribution in [0.2, 0.25) is 0 Å². The summed E-state index contributed by atoms with van der Waals surface area (Å²) in [5.41, 5.74) is 2.17. The molecular weight excluding hydrogens is 408 g/mol. The first-order valence-corrected chi connectivity index (χ1v) is 10.6. The second-order valence-corrected chi connectivity index (χ2v) is 6.86. The second kappa shape index (κ2) is 13.5. The van der Waals surface area contributed by atoms with Gasteiger partial charge in [-0.25, -0.2) is 4.79 Å². The SMILES string of the molecule is CCCCOc1ccc(/C=C/C(=O)OCC(=O)Nc2ccc(CC#N)cc2)cc1OCC. The van der Waals surface area contributed by atoms with E-state index in [9.17, 15) is 9.59 Å². The summed E-state index contributed by atoms with van der Waals surface area (Å²) < 4.78 is 16.4. The Kier molecular flexibility index (Phi) is 10.3. The minimum atomic E-state index is -0.634. The highest BCUT2D eigenvalue weighted by Crippen LogP contribution is 2.29. The van der Waals surface area contributed by atoms with Gasteiger partial charge in [0.15, 0.2) is 18.1 Å². The van der Waals surface area contributed by atoms with Crippen molar-refractivity contribution >= 4 is 23.6 Å². The van der Waals surface area contributed by atoms with Crippen LogP contribution in [0.3, 0.4) is 0 Å². The summed E-state index contributed by atoms with van der Waals surface area (Å²) in [6.45, 7) is 4.69. The number of rotatable bonds is 12. The zero-order chi connectivity index (χ0) is 23.2. The molecule has 0 saturated heterocycles. The van der Waals surface area contributed by atoms with E-state index in [0.717, 1.165) is 24.0 Å². The molecule has 7 heteroatoms. The number of anilines is 1. The zero-order valence-electron chi connectivity index (χ0n) is 18.4. The predicted octanol–water partition coefficient (Wildman–Crippen LogP) is 4.53. The Hall–Kier alpha value is -3.79. The summed E-state index contributed by atoms with van der Waals surface area (Å²) in [5, 5.41) is 11.3. The van der Waals surface area contributed by atoms with Crippen LogP contribution in [0, 0.1) is 11.3 Å². The molecule has 32 heavy (non-hydrogen) atoms. The van der Waals surface area contributed by atoms with Crippen LogP contribution in [0.1, 0.15) is 37.8 Å². The Balaban J connectivity index is 1.86. The van der Waals surface area contributed by atoms with Crippen molar-refractivity contribution in [2.45, 2.75) is 33.1 Å². The van der Waals surface area contributed by atoms with E-state index in [0.29, 0.717) is 36.8 Å².